The van der Waals surface area contributed by atoms with Crippen LogP contribution in [0.4, 0.5) is 0 Å². The van der Waals surface area contributed by atoms with E-state index in [1.54, 1.807) is 0 Å². The van der Waals surface area contributed by atoms with Crippen LogP contribution in [0.1, 0.15) is 38.0 Å². The first-order valence-corrected chi connectivity index (χ1v) is 5.58. The fraction of sp³-hybridized carbons (Fsp3) is 0.545. The average molecular weight is 239 g/mol. The third-order valence-electron chi connectivity index (χ3n) is 2.64. The molecule has 0 saturated carbocycles. The second kappa shape index (κ2) is 3.42. The number of nitrogens with zero attached hydrogens (tertiary/aromatic N) is 4. The van der Waals surface area contributed by atoms with Gasteiger partial charge in [-0.25, -0.2) is 4.98 Å². The Morgan fingerprint density at radius 2 is 1.75 bits per heavy atom. The summed E-state index contributed by atoms with van der Waals surface area (Å²) in [7, 11) is 0. The van der Waals surface area contributed by atoms with Crippen molar-refractivity contribution in [3.63, 3.8) is 0 Å². The van der Waals surface area contributed by atoms with Gasteiger partial charge in [0.05, 0.1) is 5.69 Å². The van der Waals surface area contributed by atoms with Gasteiger partial charge < -0.3 is 0 Å². The molecule has 2 rings (SSSR count). The second-order valence-electron chi connectivity index (χ2n) is 5.01. The zero-order valence-electron chi connectivity index (χ0n) is 10.2. The van der Waals surface area contributed by atoms with Crippen molar-refractivity contribution in [3.05, 3.63) is 22.4 Å². The van der Waals surface area contributed by atoms with Crippen LogP contribution in [-0.2, 0) is 5.41 Å². The van der Waals surface area contributed by atoms with Gasteiger partial charge in [-0.2, -0.15) is 0 Å². The maximum absolute atomic E-state index is 6.06. The molecule has 86 valence electrons. The molecule has 0 unspecified atom stereocenters. The second-order valence-corrected chi connectivity index (χ2v) is 5.36. The average Bonchev–Trinajstić information content (AvgIpc) is 2.58. The number of aromatic nitrogens is 4. The van der Waals surface area contributed by atoms with Gasteiger partial charge >= 0.3 is 0 Å². The Balaban J connectivity index is 2.91. The Morgan fingerprint density at radius 3 is 2.31 bits per heavy atom. The van der Waals surface area contributed by atoms with Crippen LogP contribution in [0.15, 0.2) is 0 Å². The molecule has 2 aromatic heterocycles. The normalized spacial score (nSPS) is 12.4. The first kappa shape index (κ1) is 11.3. The maximum Gasteiger partial charge on any atom is 0.198 e. The van der Waals surface area contributed by atoms with Crippen molar-refractivity contribution in [1.29, 1.82) is 0 Å². The summed E-state index contributed by atoms with van der Waals surface area (Å²) in [6.07, 6.45) is 0. The zero-order valence-corrected chi connectivity index (χ0v) is 10.9. The molecule has 0 aliphatic heterocycles. The monoisotopic (exact) mass is 238 g/mol. The minimum atomic E-state index is -0.0682. The molecule has 5 heteroatoms. The first-order chi connectivity index (χ1) is 7.32. The fourth-order valence-electron chi connectivity index (χ4n) is 1.66. The van der Waals surface area contributed by atoms with Gasteiger partial charge in [0, 0.05) is 11.1 Å². The highest BCUT2D eigenvalue weighted by Crippen LogP contribution is 2.25. The summed E-state index contributed by atoms with van der Waals surface area (Å²) in [5.41, 5.74) is 2.51. The van der Waals surface area contributed by atoms with E-state index < -0.39 is 0 Å². The van der Waals surface area contributed by atoms with E-state index in [2.05, 4.69) is 36.0 Å². The number of fused-ring (bicyclic) bond motifs is 1. The molecule has 0 saturated heterocycles. The Bertz CT molecular complexity index is 551. The molecule has 0 amide bonds. The fourth-order valence-corrected chi connectivity index (χ4v) is 1.91. The van der Waals surface area contributed by atoms with Crippen LogP contribution in [0, 0.1) is 13.8 Å². The van der Waals surface area contributed by atoms with Crippen molar-refractivity contribution in [3.8, 4) is 0 Å². The molecule has 0 aliphatic rings. The number of aryl methyl sites for hydroxylation is 2. The van der Waals surface area contributed by atoms with Crippen molar-refractivity contribution < 1.29 is 0 Å². The number of hydrogen-bond acceptors (Lipinski definition) is 3. The molecule has 0 N–H and O–H groups in total. The van der Waals surface area contributed by atoms with Crippen molar-refractivity contribution >= 4 is 17.2 Å². The Labute approximate surface area is 99.7 Å². The lowest BCUT2D eigenvalue weighted by Crippen LogP contribution is -2.17. The van der Waals surface area contributed by atoms with Crippen LogP contribution in [-0.4, -0.2) is 19.6 Å². The highest BCUT2D eigenvalue weighted by atomic mass is 35.5. The predicted molar refractivity (Wildman–Crippen MR) is 64.0 cm³/mol. The van der Waals surface area contributed by atoms with Crippen LogP contribution in [0.25, 0.3) is 5.65 Å². The van der Waals surface area contributed by atoms with Crippen LogP contribution in [0.2, 0.25) is 5.15 Å². The van der Waals surface area contributed by atoms with Gasteiger partial charge in [0.15, 0.2) is 10.8 Å². The maximum atomic E-state index is 6.06. The number of rotatable bonds is 0. The summed E-state index contributed by atoms with van der Waals surface area (Å²) in [5.74, 6) is 0.910. The molecule has 0 aliphatic carbocycles. The molecule has 4 nitrogen and oxygen atoms in total. The van der Waals surface area contributed by atoms with Gasteiger partial charge in [-0.3, -0.25) is 4.40 Å². The summed E-state index contributed by atoms with van der Waals surface area (Å²) in [5, 5.41) is 8.73. The lowest BCUT2D eigenvalue weighted by atomic mass is 9.96. The lowest BCUT2D eigenvalue weighted by Gasteiger charge is -2.17. The van der Waals surface area contributed by atoms with Crippen LogP contribution in [0.5, 0.6) is 0 Å². The van der Waals surface area contributed by atoms with E-state index in [0.29, 0.717) is 10.8 Å². The van der Waals surface area contributed by atoms with Crippen LogP contribution in [0.3, 0.4) is 0 Å². The van der Waals surface area contributed by atoms with Gasteiger partial charge in [0.1, 0.15) is 5.82 Å². The van der Waals surface area contributed by atoms with Gasteiger partial charge in [-0.05, 0) is 13.8 Å². The molecule has 0 aromatic carbocycles. The van der Waals surface area contributed by atoms with Crippen molar-refractivity contribution in [2.24, 2.45) is 0 Å². The summed E-state index contributed by atoms with van der Waals surface area (Å²) < 4.78 is 1.99. The Morgan fingerprint density at radius 1 is 1.12 bits per heavy atom. The van der Waals surface area contributed by atoms with Gasteiger partial charge in [0.25, 0.3) is 0 Å². The molecule has 0 bridgehead atoms. The van der Waals surface area contributed by atoms with E-state index in [9.17, 15) is 0 Å². The molecule has 0 spiro atoms. The van der Waals surface area contributed by atoms with Gasteiger partial charge in [-0.15, -0.1) is 10.2 Å². The molecule has 0 atom stereocenters. The number of halogens is 1. The van der Waals surface area contributed by atoms with Crippen molar-refractivity contribution in [1.82, 2.24) is 19.6 Å². The lowest BCUT2D eigenvalue weighted by molar-refractivity contribution is 0.536. The van der Waals surface area contributed by atoms with E-state index in [1.165, 1.54) is 0 Å². The number of hydrogen-bond donors (Lipinski definition) is 0. The summed E-state index contributed by atoms with van der Waals surface area (Å²) in [6.45, 7) is 10.3. The zero-order chi connectivity index (χ0) is 12.1. The van der Waals surface area contributed by atoms with Crippen molar-refractivity contribution in [2.45, 2.75) is 40.0 Å². The largest absolute Gasteiger partial charge is 0.279 e. The molecule has 0 fully saturated rings. The summed E-state index contributed by atoms with van der Waals surface area (Å²) >= 11 is 6.06. The molecular formula is C11H15ClN4. The van der Waals surface area contributed by atoms with Crippen LogP contribution >= 0.6 is 11.6 Å². The van der Waals surface area contributed by atoms with E-state index >= 15 is 0 Å². The van der Waals surface area contributed by atoms with Crippen molar-refractivity contribution in [2.75, 3.05) is 0 Å². The minimum absolute atomic E-state index is 0.0682. The SMILES string of the molecule is Cc1nc(Cl)c2nnc(C(C)(C)C)n2c1C. The molecule has 0 radical (unpaired) electrons. The minimum Gasteiger partial charge on any atom is -0.279 e. The molecule has 16 heavy (non-hydrogen) atoms. The topological polar surface area (TPSA) is 43.1 Å². The molecule has 2 aromatic rings. The quantitative estimate of drug-likeness (QED) is 0.709. The summed E-state index contributed by atoms with van der Waals surface area (Å²) in [4.78, 5) is 4.24. The van der Waals surface area contributed by atoms with Gasteiger partial charge in [-0.1, -0.05) is 32.4 Å². The van der Waals surface area contributed by atoms with Crippen LogP contribution < -0.4 is 0 Å². The highest BCUT2D eigenvalue weighted by molar-refractivity contribution is 6.32. The standard InChI is InChI=1S/C11H15ClN4/c1-6-7(2)16-9(8(12)13-6)14-15-10(16)11(3,4)5/h1-5H3. The molecule has 2 heterocycles. The van der Waals surface area contributed by atoms with E-state index in [0.717, 1.165) is 17.2 Å². The van der Waals surface area contributed by atoms with E-state index in [-0.39, 0.29) is 5.41 Å². The van der Waals surface area contributed by atoms with Gasteiger partial charge in [0.2, 0.25) is 0 Å². The smallest absolute Gasteiger partial charge is 0.198 e. The predicted octanol–water partition coefficient (Wildman–Crippen LogP) is 2.69. The molecular weight excluding hydrogens is 224 g/mol. The third kappa shape index (κ3) is 1.57. The first-order valence-electron chi connectivity index (χ1n) is 5.20. The van der Waals surface area contributed by atoms with E-state index in [1.807, 2.05) is 18.2 Å². The highest BCUT2D eigenvalue weighted by Gasteiger charge is 2.23. The Kier molecular flexibility index (Phi) is 2.42. The van der Waals surface area contributed by atoms with E-state index in [4.69, 9.17) is 11.6 Å². The third-order valence-corrected chi connectivity index (χ3v) is 2.90. The Hall–Kier alpha value is -1.16. The summed E-state index contributed by atoms with van der Waals surface area (Å²) in [6, 6.07) is 0.